The molecule has 0 unspecified atom stereocenters. The van der Waals surface area contributed by atoms with Gasteiger partial charge in [0.1, 0.15) is 12.4 Å². The summed E-state index contributed by atoms with van der Waals surface area (Å²) in [6, 6.07) is 14.0. The third-order valence-corrected chi connectivity index (χ3v) is 4.72. The highest BCUT2D eigenvalue weighted by Gasteiger charge is 2.18. The smallest absolute Gasteiger partial charge is 0.273 e. The summed E-state index contributed by atoms with van der Waals surface area (Å²) in [4.78, 5) is 12.2. The van der Waals surface area contributed by atoms with Gasteiger partial charge in [0.05, 0.1) is 16.7 Å². The van der Waals surface area contributed by atoms with Gasteiger partial charge in [0, 0.05) is 5.39 Å². The van der Waals surface area contributed by atoms with Crippen LogP contribution in [0, 0.1) is 0 Å². The second-order valence-electron chi connectivity index (χ2n) is 6.04. The highest BCUT2D eigenvalue weighted by Crippen LogP contribution is 2.26. The van der Waals surface area contributed by atoms with Crippen LogP contribution in [0.5, 0.6) is 5.75 Å². The summed E-state index contributed by atoms with van der Waals surface area (Å²) in [7, 11) is 0. The molecule has 0 aliphatic heterocycles. The highest BCUT2D eigenvalue weighted by atomic mass is 79.9. The Morgan fingerprint density at radius 2 is 2.00 bits per heavy atom. The van der Waals surface area contributed by atoms with Crippen LogP contribution in [0.1, 0.15) is 35.9 Å². The topological polar surface area (TPSA) is 67.0 Å². The Labute approximate surface area is 154 Å². The first kappa shape index (κ1) is 17.5. The van der Waals surface area contributed by atoms with E-state index in [0.717, 1.165) is 26.7 Å². The molecule has 0 saturated heterocycles. The van der Waals surface area contributed by atoms with Crippen LogP contribution in [0.3, 0.4) is 0 Å². The van der Waals surface area contributed by atoms with Gasteiger partial charge in [-0.3, -0.25) is 9.89 Å². The van der Waals surface area contributed by atoms with E-state index >= 15 is 0 Å². The maximum Gasteiger partial charge on any atom is 0.273 e. The Bertz CT molecular complexity index is 884. The Kier molecular flexibility index (Phi) is 5.38. The molecule has 0 atom stereocenters. The number of halogens is 1. The predicted octanol–water partition coefficient (Wildman–Crippen LogP) is 4.26. The molecule has 0 radical (unpaired) electrons. The number of nitrogens with zero attached hydrogens (tertiary/aromatic N) is 1. The number of hydrogen-bond acceptors (Lipinski definition) is 3. The fourth-order valence-electron chi connectivity index (χ4n) is 2.61. The molecule has 0 spiro atoms. The molecule has 1 aromatic heterocycles. The van der Waals surface area contributed by atoms with Gasteiger partial charge in [-0.15, -0.1) is 0 Å². The van der Waals surface area contributed by atoms with Gasteiger partial charge in [0.15, 0.2) is 5.69 Å². The lowest BCUT2D eigenvalue weighted by Crippen LogP contribution is -2.28. The normalized spacial score (nSPS) is 11.0. The van der Waals surface area contributed by atoms with E-state index in [2.05, 4.69) is 31.4 Å². The molecule has 130 valence electrons. The fraction of sp³-hybridized carbons (Fsp3) is 0.263. The zero-order valence-electron chi connectivity index (χ0n) is 14.2. The van der Waals surface area contributed by atoms with Crippen molar-refractivity contribution in [2.24, 2.45) is 0 Å². The van der Waals surface area contributed by atoms with Gasteiger partial charge in [-0.1, -0.05) is 50.2 Å². The molecule has 1 heterocycles. The number of fused-ring (bicyclic) bond motifs is 1. The number of rotatable bonds is 6. The van der Waals surface area contributed by atoms with Crippen molar-refractivity contribution in [2.45, 2.75) is 19.8 Å². The maximum absolute atomic E-state index is 12.2. The first-order chi connectivity index (χ1) is 12.1. The Hall–Kier alpha value is -2.34. The van der Waals surface area contributed by atoms with Gasteiger partial charge < -0.3 is 10.1 Å². The summed E-state index contributed by atoms with van der Waals surface area (Å²) in [5, 5.41) is 12.0. The van der Waals surface area contributed by atoms with Crippen molar-refractivity contribution >= 4 is 32.6 Å². The Balaban J connectivity index is 1.57. The van der Waals surface area contributed by atoms with Crippen LogP contribution in [0.15, 0.2) is 46.9 Å². The molecule has 0 fully saturated rings. The summed E-state index contributed by atoms with van der Waals surface area (Å²) in [6.07, 6.45) is 0. The molecule has 1 amide bonds. The molecule has 2 N–H and O–H groups in total. The van der Waals surface area contributed by atoms with E-state index in [9.17, 15) is 4.79 Å². The minimum absolute atomic E-state index is 0.225. The van der Waals surface area contributed by atoms with Gasteiger partial charge in [0.25, 0.3) is 5.91 Å². The number of benzene rings is 2. The number of H-pyrrole nitrogens is 1. The minimum atomic E-state index is -0.225. The van der Waals surface area contributed by atoms with E-state index in [4.69, 9.17) is 4.74 Å². The fourth-order valence-corrected chi connectivity index (χ4v) is 3.42. The number of amides is 1. The van der Waals surface area contributed by atoms with Gasteiger partial charge >= 0.3 is 0 Å². The molecule has 3 rings (SSSR count). The van der Waals surface area contributed by atoms with E-state index in [-0.39, 0.29) is 11.8 Å². The van der Waals surface area contributed by atoms with Crippen LogP contribution in [0.2, 0.25) is 0 Å². The largest absolute Gasteiger partial charge is 0.491 e. The second-order valence-corrected chi connectivity index (χ2v) is 6.83. The zero-order valence-corrected chi connectivity index (χ0v) is 15.8. The van der Waals surface area contributed by atoms with Crippen molar-refractivity contribution < 1.29 is 9.53 Å². The summed E-state index contributed by atoms with van der Waals surface area (Å²) in [5.41, 5.74) is 1.28. The quantitative estimate of drug-likeness (QED) is 0.606. The molecular weight excluding hydrogens is 382 g/mol. The molecular formula is C19H20BrN3O2. The molecule has 0 saturated carbocycles. The van der Waals surface area contributed by atoms with Crippen molar-refractivity contribution in [1.29, 1.82) is 0 Å². The van der Waals surface area contributed by atoms with E-state index in [1.807, 2.05) is 56.3 Å². The monoisotopic (exact) mass is 401 g/mol. The van der Waals surface area contributed by atoms with Crippen molar-refractivity contribution in [3.63, 3.8) is 0 Å². The number of carbonyl (C=O) groups excluding carboxylic acids is 1. The van der Waals surface area contributed by atoms with Gasteiger partial charge in [-0.05, 0) is 33.3 Å². The number of carbonyl (C=O) groups is 1. The zero-order chi connectivity index (χ0) is 17.8. The third-order valence-electron chi connectivity index (χ3n) is 3.92. The van der Waals surface area contributed by atoms with Gasteiger partial charge in [-0.2, -0.15) is 5.10 Å². The van der Waals surface area contributed by atoms with Gasteiger partial charge in [-0.25, -0.2) is 0 Å². The summed E-state index contributed by atoms with van der Waals surface area (Å²) >= 11 is 3.44. The molecule has 5 nitrogen and oxygen atoms in total. The average molecular weight is 402 g/mol. The SMILES string of the molecule is CC(C)c1[nH]nc(C(=O)NCCOc2cccc3ccccc23)c1Br. The molecule has 3 aromatic rings. The summed E-state index contributed by atoms with van der Waals surface area (Å²) in [6.45, 7) is 4.87. The van der Waals surface area contributed by atoms with Crippen LogP contribution in [0.4, 0.5) is 0 Å². The first-order valence-electron chi connectivity index (χ1n) is 8.20. The Morgan fingerprint density at radius 1 is 1.24 bits per heavy atom. The Morgan fingerprint density at radius 3 is 2.76 bits per heavy atom. The predicted molar refractivity (Wildman–Crippen MR) is 102 cm³/mol. The lowest BCUT2D eigenvalue weighted by molar-refractivity contribution is 0.0941. The van der Waals surface area contributed by atoms with Crippen molar-refractivity contribution in [3.8, 4) is 5.75 Å². The molecule has 2 aromatic carbocycles. The summed E-state index contributed by atoms with van der Waals surface area (Å²) in [5.74, 6) is 0.852. The van der Waals surface area contributed by atoms with Crippen LogP contribution < -0.4 is 10.1 Å². The highest BCUT2D eigenvalue weighted by molar-refractivity contribution is 9.10. The van der Waals surface area contributed by atoms with Gasteiger partial charge in [0.2, 0.25) is 0 Å². The van der Waals surface area contributed by atoms with Crippen LogP contribution >= 0.6 is 15.9 Å². The van der Waals surface area contributed by atoms with E-state index in [0.29, 0.717) is 18.8 Å². The van der Waals surface area contributed by atoms with Crippen molar-refractivity contribution in [3.05, 3.63) is 58.3 Å². The second kappa shape index (κ2) is 7.70. The molecule has 6 heteroatoms. The molecule has 0 bridgehead atoms. The molecule has 0 aliphatic carbocycles. The van der Waals surface area contributed by atoms with E-state index < -0.39 is 0 Å². The summed E-state index contributed by atoms with van der Waals surface area (Å²) < 4.78 is 6.54. The van der Waals surface area contributed by atoms with E-state index in [1.54, 1.807) is 0 Å². The van der Waals surface area contributed by atoms with E-state index in [1.165, 1.54) is 0 Å². The number of ether oxygens (including phenoxy) is 1. The number of nitrogens with one attached hydrogen (secondary N) is 2. The minimum Gasteiger partial charge on any atom is -0.491 e. The number of hydrogen-bond donors (Lipinski definition) is 2. The standard InChI is InChI=1S/C19H20BrN3O2/c1-12(2)17-16(20)18(23-22-17)19(24)21-10-11-25-15-9-5-7-13-6-3-4-8-14(13)15/h3-9,12H,10-11H2,1-2H3,(H,21,24)(H,22,23). The lowest BCUT2D eigenvalue weighted by atomic mass is 10.1. The molecule has 0 aliphatic rings. The van der Waals surface area contributed by atoms with Crippen molar-refractivity contribution in [1.82, 2.24) is 15.5 Å². The number of aromatic amines is 1. The van der Waals surface area contributed by atoms with Crippen LogP contribution in [-0.4, -0.2) is 29.3 Å². The van der Waals surface area contributed by atoms with Crippen LogP contribution in [0.25, 0.3) is 10.8 Å². The lowest BCUT2D eigenvalue weighted by Gasteiger charge is -2.10. The maximum atomic E-state index is 12.2. The third kappa shape index (κ3) is 3.85. The number of aromatic nitrogens is 2. The van der Waals surface area contributed by atoms with Crippen molar-refractivity contribution in [2.75, 3.05) is 13.2 Å². The first-order valence-corrected chi connectivity index (χ1v) is 8.99. The average Bonchev–Trinajstić information content (AvgIpc) is 3.00. The van der Waals surface area contributed by atoms with Crippen LogP contribution in [-0.2, 0) is 0 Å². The molecule has 25 heavy (non-hydrogen) atoms.